The Morgan fingerprint density at radius 3 is 2.69 bits per heavy atom. The molecule has 13 heavy (non-hydrogen) atoms. The van der Waals surface area contributed by atoms with E-state index in [1.807, 2.05) is 0 Å². The average Bonchev–Trinajstić information content (AvgIpc) is 2.16. The third-order valence-corrected chi connectivity index (χ3v) is 3.35. The summed E-state index contributed by atoms with van der Waals surface area (Å²) >= 11 is 0. The highest BCUT2D eigenvalue weighted by Gasteiger charge is 2.24. The van der Waals surface area contributed by atoms with Crippen LogP contribution < -0.4 is 5.32 Å². The largest absolute Gasteiger partial charge is 0.314 e. The first-order valence-corrected chi connectivity index (χ1v) is 5.60. The van der Waals surface area contributed by atoms with Crippen LogP contribution in [-0.4, -0.2) is 36.6 Å². The van der Waals surface area contributed by atoms with Crippen molar-refractivity contribution in [3.05, 3.63) is 0 Å². The number of hydrogen-bond acceptors (Lipinski definition) is 2. The molecule has 0 spiro atoms. The summed E-state index contributed by atoms with van der Waals surface area (Å²) in [5.41, 5.74) is 0. The minimum atomic E-state index is 0.681. The Labute approximate surface area is 82.7 Å². The molecule has 1 N–H and O–H groups in total. The monoisotopic (exact) mass is 184 g/mol. The predicted octanol–water partition coefficient (Wildman–Crippen LogP) is 1.86. The molecular weight excluding hydrogens is 160 g/mol. The van der Waals surface area contributed by atoms with Crippen LogP contribution in [0.1, 0.15) is 40.0 Å². The zero-order valence-corrected chi connectivity index (χ0v) is 9.51. The summed E-state index contributed by atoms with van der Waals surface area (Å²) in [4.78, 5) is 2.52. The van der Waals surface area contributed by atoms with E-state index >= 15 is 0 Å². The first-order chi connectivity index (χ1) is 6.15. The average molecular weight is 184 g/mol. The van der Waals surface area contributed by atoms with Gasteiger partial charge in [0.05, 0.1) is 0 Å². The van der Waals surface area contributed by atoms with Gasteiger partial charge in [0.25, 0.3) is 0 Å². The van der Waals surface area contributed by atoms with Crippen LogP contribution in [0.15, 0.2) is 0 Å². The van der Waals surface area contributed by atoms with Crippen molar-refractivity contribution in [2.75, 3.05) is 13.6 Å². The van der Waals surface area contributed by atoms with Gasteiger partial charge in [0.2, 0.25) is 0 Å². The van der Waals surface area contributed by atoms with Crippen molar-refractivity contribution in [1.29, 1.82) is 0 Å². The Bertz CT molecular complexity index is 145. The van der Waals surface area contributed by atoms with E-state index < -0.39 is 0 Å². The molecular formula is C11H24N2. The molecule has 0 aromatic carbocycles. The molecule has 0 amide bonds. The number of piperidine rings is 1. The van der Waals surface area contributed by atoms with Crippen molar-refractivity contribution in [3.63, 3.8) is 0 Å². The fourth-order valence-electron chi connectivity index (χ4n) is 2.09. The fraction of sp³-hybridized carbons (Fsp3) is 1.00. The summed E-state index contributed by atoms with van der Waals surface area (Å²) in [6, 6.07) is 2.23. The third-order valence-electron chi connectivity index (χ3n) is 3.35. The molecule has 1 aliphatic rings. The lowest BCUT2D eigenvalue weighted by molar-refractivity contribution is 0.141. The molecule has 78 valence electrons. The summed E-state index contributed by atoms with van der Waals surface area (Å²) in [5, 5.41) is 3.57. The molecule has 2 heteroatoms. The number of nitrogens with zero attached hydrogens (tertiary/aromatic N) is 1. The van der Waals surface area contributed by atoms with Crippen molar-refractivity contribution in [3.8, 4) is 0 Å². The lowest BCUT2D eigenvalue weighted by atomic mass is 9.96. The highest BCUT2D eigenvalue weighted by atomic mass is 15.2. The second-order valence-corrected chi connectivity index (χ2v) is 4.50. The van der Waals surface area contributed by atoms with Crippen LogP contribution in [-0.2, 0) is 0 Å². The molecule has 1 heterocycles. The van der Waals surface area contributed by atoms with Crippen LogP contribution in [0.25, 0.3) is 0 Å². The van der Waals surface area contributed by atoms with Gasteiger partial charge in [0.15, 0.2) is 0 Å². The van der Waals surface area contributed by atoms with E-state index in [9.17, 15) is 0 Å². The molecule has 2 unspecified atom stereocenters. The zero-order chi connectivity index (χ0) is 9.84. The second-order valence-electron chi connectivity index (χ2n) is 4.50. The maximum Gasteiger partial charge on any atom is 0.0122 e. The topological polar surface area (TPSA) is 15.3 Å². The lowest BCUT2D eigenvalue weighted by Gasteiger charge is -2.37. The molecule has 2 nitrogen and oxygen atoms in total. The van der Waals surface area contributed by atoms with E-state index in [0.717, 1.165) is 12.1 Å². The molecule has 0 aromatic rings. The molecule has 0 aliphatic carbocycles. The van der Waals surface area contributed by atoms with Crippen molar-refractivity contribution >= 4 is 0 Å². The normalized spacial score (nSPS) is 30.0. The van der Waals surface area contributed by atoms with Crippen molar-refractivity contribution in [1.82, 2.24) is 10.2 Å². The standard InChI is InChI=1S/C11H24N2/c1-5-10-8-11(6-7-12-10)13(4)9(2)3/h9-12H,5-8H2,1-4H3. The summed E-state index contributed by atoms with van der Waals surface area (Å²) in [5.74, 6) is 0. The van der Waals surface area contributed by atoms with E-state index in [4.69, 9.17) is 0 Å². The first-order valence-electron chi connectivity index (χ1n) is 5.60. The molecule has 1 rings (SSSR count). The van der Waals surface area contributed by atoms with Crippen molar-refractivity contribution in [2.24, 2.45) is 0 Å². The maximum atomic E-state index is 3.57. The van der Waals surface area contributed by atoms with E-state index in [0.29, 0.717) is 6.04 Å². The first kappa shape index (κ1) is 11.0. The van der Waals surface area contributed by atoms with Gasteiger partial charge in [-0.15, -0.1) is 0 Å². The molecule has 0 radical (unpaired) electrons. The molecule has 1 saturated heterocycles. The number of hydrogen-bond donors (Lipinski definition) is 1. The Morgan fingerprint density at radius 2 is 2.15 bits per heavy atom. The number of rotatable bonds is 3. The molecule has 0 aromatic heterocycles. The maximum absolute atomic E-state index is 3.57. The Hall–Kier alpha value is -0.0800. The van der Waals surface area contributed by atoms with E-state index in [-0.39, 0.29) is 0 Å². The number of nitrogens with one attached hydrogen (secondary N) is 1. The van der Waals surface area contributed by atoms with Crippen LogP contribution in [0.2, 0.25) is 0 Å². The fourth-order valence-corrected chi connectivity index (χ4v) is 2.09. The summed E-state index contributed by atoms with van der Waals surface area (Å²) < 4.78 is 0. The second kappa shape index (κ2) is 4.97. The van der Waals surface area contributed by atoms with Gasteiger partial charge in [0.1, 0.15) is 0 Å². The van der Waals surface area contributed by atoms with E-state index in [1.54, 1.807) is 0 Å². The quantitative estimate of drug-likeness (QED) is 0.720. The van der Waals surface area contributed by atoms with Gasteiger partial charge in [-0.1, -0.05) is 6.92 Å². The van der Waals surface area contributed by atoms with Crippen LogP contribution in [0.3, 0.4) is 0 Å². The van der Waals surface area contributed by atoms with Crippen molar-refractivity contribution in [2.45, 2.75) is 58.2 Å². The van der Waals surface area contributed by atoms with Gasteiger partial charge in [-0.2, -0.15) is 0 Å². The predicted molar refractivity (Wildman–Crippen MR) is 58.0 cm³/mol. The highest BCUT2D eigenvalue weighted by Crippen LogP contribution is 2.17. The van der Waals surface area contributed by atoms with Gasteiger partial charge in [-0.05, 0) is 46.7 Å². The van der Waals surface area contributed by atoms with Crippen LogP contribution in [0.5, 0.6) is 0 Å². The van der Waals surface area contributed by atoms with Gasteiger partial charge in [0, 0.05) is 18.1 Å². The molecule has 0 saturated carbocycles. The van der Waals surface area contributed by atoms with Crippen LogP contribution in [0.4, 0.5) is 0 Å². The Morgan fingerprint density at radius 1 is 1.46 bits per heavy atom. The minimum Gasteiger partial charge on any atom is -0.314 e. The molecule has 1 aliphatic heterocycles. The highest BCUT2D eigenvalue weighted by molar-refractivity contribution is 4.83. The summed E-state index contributed by atoms with van der Waals surface area (Å²) in [6.45, 7) is 8.03. The van der Waals surface area contributed by atoms with Gasteiger partial charge in [-0.25, -0.2) is 0 Å². The third kappa shape index (κ3) is 2.96. The summed E-state index contributed by atoms with van der Waals surface area (Å²) in [7, 11) is 2.26. The molecule has 1 fully saturated rings. The van der Waals surface area contributed by atoms with E-state index in [2.05, 4.69) is 38.0 Å². The zero-order valence-electron chi connectivity index (χ0n) is 9.51. The van der Waals surface area contributed by atoms with Crippen LogP contribution >= 0.6 is 0 Å². The summed E-state index contributed by atoms with van der Waals surface area (Å²) in [6.07, 6.45) is 3.90. The minimum absolute atomic E-state index is 0.681. The lowest BCUT2D eigenvalue weighted by Crippen LogP contribution is -2.48. The molecule has 2 atom stereocenters. The Balaban J connectivity index is 2.41. The Kier molecular flexibility index (Phi) is 4.20. The SMILES string of the molecule is CCC1CC(N(C)C(C)C)CCN1. The van der Waals surface area contributed by atoms with Gasteiger partial charge >= 0.3 is 0 Å². The van der Waals surface area contributed by atoms with E-state index in [1.165, 1.54) is 25.8 Å². The van der Waals surface area contributed by atoms with Crippen molar-refractivity contribution < 1.29 is 0 Å². The van der Waals surface area contributed by atoms with Crippen LogP contribution in [0, 0.1) is 0 Å². The smallest absolute Gasteiger partial charge is 0.0122 e. The molecule has 0 bridgehead atoms. The van der Waals surface area contributed by atoms with Gasteiger partial charge in [-0.3, -0.25) is 0 Å². The van der Waals surface area contributed by atoms with Gasteiger partial charge < -0.3 is 10.2 Å².